The molecule has 0 bridgehead atoms. The number of benzene rings is 1. The molecule has 0 N–H and O–H groups in total. The number of hydrogen-bond acceptors (Lipinski definition) is 0. The zero-order valence-corrected chi connectivity index (χ0v) is 13.0. The van der Waals surface area contributed by atoms with Crippen LogP contribution in [-0.4, -0.2) is 32.3 Å². The zero-order valence-electron chi connectivity index (χ0n) is 12.1. The van der Waals surface area contributed by atoms with Gasteiger partial charge in [-0.15, -0.1) is 0 Å². The summed E-state index contributed by atoms with van der Waals surface area (Å²) in [6, 6.07) is 10.6. The fraction of sp³-hybridized carbons (Fsp3) is 0.571. The van der Waals surface area contributed by atoms with Gasteiger partial charge in [0, 0.05) is 33.4 Å². The SMILES string of the molecule is CC[P+](C)(C)C.C[B-](C)(C)c1ccccc1. The molecule has 92 valence electrons. The summed E-state index contributed by atoms with van der Waals surface area (Å²) in [6.45, 7) is 16.2. The molecule has 0 unspecified atom stereocenters. The van der Waals surface area contributed by atoms with E-state index in [0.29, 0.717) is 0 Å². The highest BCUT2D eigenvalue weighted by atomic mass is 31.2. The minimum atomic E-state index is -0.397. The average Bonchev–Trinajstić information content (AvgIpc) is 2.18. The van der Waals surface area contributed by atoms with E-state index in [1.54, 1.807) is 0 Å². The van der Waals surface area contributed by atoms with Gasteiger partial charge in [0.25, 0.3) is 0 Å². The molecule has 0 aromatic heterocycles. The van der Waals surface area contributed by atoms with Crippen molar-refractivity contribution in [2.24, 2.45) is 0 Å². The molecule has 0 radical (unpaired) electrons. The summed E-state index contributed by atoms with van der Waals surface area (Å²) in [5.74, 6) is 0. The number of hydrogen-bond donors (Lipinski definition) is 0. The molecular formula is C14H28BP. The van der Waals surface area contributed by atoms with Crippen molar-refractivity contribution in [2.45, 2.75) is 27.4 Å². The van der Waals surface area contributed by atoms with Crippen LogP contribution in [0, 0.1) is 0 Å². The third-order valence-corrected chi connectivity index (χ3v) is 4.65. The summed E-state index contributed by atoms with van der Waals surface area (Å²) in [5, 5.41) is 0. The summed E-state index contributed by atoms with van der Waals surface area (Å²) >= 11 is 0. The summed E-state index contributed by atoms with van der Waals surface area (Å²) in [6.07, 6.45) is 1.08. The fourth-order valence-electron chi connectivity index (χ4n) is 1.03. The molecule has 0 aliphatic heterocycles. The van der Waals surface area contributed by atoms with Crippen molar-refractivity contribution in [2.75, 3.05) is 26.2 Å². The molecule has 0 saturated heterocycles. The molecule has 16 heavy (non-hydrogen) atoms. The van der Waals surface area contributed by atoms with E-state index in [-0.39, 0.29) is 6.15 Å². The van der Waals surface area contributed by atoms with Gasteiger partial charge >= 0.3 is 0 Å². The van der Waals surface area contributed by atoms with Gasteiger partial charge in [-0.05, 0) is 6.92 Å². The van der Waals surface area contributed by atoms with E-state index in [1.807, 2.05) is 0 Å². The predicted octanol–water partition coefficient (Wildman–Crippen LogP) is 4.15. The molecule has 1 aromatic rings. The molecule has 0 saturated carbocycles. The van der Waals surface area contributed by atoms with Gasteiger partial charge < -0.3 is 0 Å². The first-order chi connectivity index (χ1) is 7.17. The Morgan fingerprint density at radius 2 is 1.31 bits per heavy atom. The van der Waals surface area contributed by atoms with Crippen molar-refractivity contribution in [3.63, 3.8) is 0 Å². The number of rotatable bonds is 2. The zero-order chi connectivity index (χ0) is 12.8. The topological polar surface area (TPSA) is 0 Å². The van der Waals surface area contributed by atoms with Crippen LogP contribution >= 0.6 is 7.26 Å². The average molecular weight is 238 g/mol. The van der Waals surface area contributed by atoms with Gasteiger partial charge in [0.2, 0.25) is 0 Å². The second-order valence-electron chi connectivity index (χ2n) is 6.62. The molecule has 0 atom stereocenters. The maximum absolute atomic E-state index is 2.35. The molecule has 0 heterocycles. The van der Waals surface area contributed by atoms with E-state index in [9.17, 15) is 0 Å². The Balaban J connectivity index is 0.000000325. The highest BCUT2D eigenvalue weighted by Gasteiger charge is 2.10. The van der Waals surface area contributed by atoms with Gasteiger partial charge in [-0.25, -0.2) is 5.46 Å². The summed E-state index contributed by atoms with van der Waals surface area (Å²) in [4.78, 5) is 0. The Morgan fingerprint density at radius 1 is 0.938 bits per heavy atom. The van der Waals surface area contributed by atoms with Crippen molar-refractivity contribution in [3.05, 3.63) is 30.3 Å². The van der Waals surface area contributed by atoms with Crippen molar-refractivity contribution in [1.82, 2.24) is 0 Å². The highest BCUT2D eigenvalue weighted by molar-refractivity contribution is 7.73. The normalized spacial score (nSPS) is 11.7. The van der Waals surface area contributed by atoms with E-state index in [0.717, 1.165) is 0 Å². The largest absolute Gasteiger partial charge is 0.211 e. The van der Waals surface area contributed by atoms with Gasteiger partial charge in [-0.2, -0.15) is 20.5 Å². The van der Waals surface area contributed by atoms with E-state index in [4.69, 9.17) is 0 Å². The Hall–Kier alpha value is -0.285. The van der Waals surface area contributed by atoms with Gasteiger partial charge in [-0.3, -0.25) is 0 Å². The van der Waals surface area contributed by atoms with Gasteiger partial charge in [-0.1, -0.05) is 30.3 Å². The van der Waals surface area contributed by atoms with Crippen molar-refractivity contribution >= 4 is 18.9 Å². The fourth-order valence-corrected chi connectivity index (χ4v) is 1.03. The summed E-state index contributed by atoms with van der Waals surface area (Å²) < 4.78 is 0. The molecule has 0 amide bonds. The van der Waals surface area contributed by atoms with Crippen LogP contribution in [0.5, 0.6) is 0 Å². The van der Waals surface area contributed by atoms with Crippen molar-refractivity contribution < 1.29 is 0 Å². The quantitative estimate of drug-likeness (QED) is 0.536. The van der Waals surface area contributed by atoms with Gasteiger partial charge in [0.15, 0.2) is 0 Å². The monoisotopic (exact) mass is 238 g/mol. The molecule has 0 aliphatic rings. The lowest BCUT2D eigenvalue weighted by molar-refractivity contribution is 1.47. The smallest absolute Gasteiger partial charge is 0.0558 e. The van der Waals surface area contributed by atoms with Crippen LogP contribution in [0.15, 0.2) is 30.3 Å². The standard InChI is InChI=1S/C9H14B.C5H14P/c1-10(2,3)9-7-5-4-6-8-9;1-5-6(2,3)4/h4-8H,1-3H3;5H2,1-4H3/q-1;+1. The van der Waals surface area contributed by atoms with Crippen molar-refractivity contribution in [1.29, 1.82) is 0 Å². The van der Waals surface area contributed by atoms with Crippen LogP contribution in [0.1, 0.15) is 6.92 Å². The first kappa shape index (κ1) is 15.7. The lowest BCUT2D eigenvalue weighted by Crippen LogP contribution is -2.37. The third-order valence-electron chi connectivity index (χ3n) is 2.75. The van der Waals surface area contributed by atoms with E-state index >= 15 is 0 Å². The second kappa shape index (κ2) is 6.45. The third kappa shape index (κ3) is 7.94. The molecule has 2 heteroatoms. The highest BCUT2D eigenvalue weighted by Crippen LogP contribution is 2.45. The Kier molecular flexibility index (Phi) is 6.34. The molecule has 1 aromatic carbocycles. The molecule has 1 rings (SSSR count). The first-order valence-electron chi connectivity index (χ1n) is 6.30. The summed E-state index contributed by atoms with van der Waals surface area (Å²) in [7, 11) is -0.397. The lowest BCUT2D eigenvalue weighted by Gasteiger charge is -2.24. The van der Waals surface area contributed by atoms with Crippen LogP contribution in [0.3, 0.4) is 0 Å². The van der Waals surface area contributed by atoms with E-state index in [2.05, 4.69) is 77.7 Å². The maximum atomic E-state index is 2.35. The lowest BCUT2D eigenvalue weighted by atomic mass is 9.27. The van der Waals surface area contributed by atoms with E-state index < -0.39 is 7.26 Å². The van der Waals surface area contributed by atoms with Gasteiger partial charge in [0.1, 0.15) is 0 Å². The second-order valence-corrected chi connectivity index (χ2v) is 11.8. The van der Waals surface area contributed by atoms with Crippen LogP contribution in [0.25, 0.3) is 0 Å². The Labute approximate surface area is 103 Å². The first-order valence-corrected chi connectivity index (χ1v) is 9.61. The maximum Gasteiger partial charge on any atom is 0.0558 e. The molecule has 0 spiro atoms. The molecule has 0 aliphatic carbocycles. The Morgan fingerprint density at radius 3 is 1.50 bits per heavy atom. The predicted molar refractivity (Wildman–Crippen MR) is 84.7 cm³/mol. The summed E-state index contributed by atoms with van der Waals surface area (Å²) in [5.41, 5.74) is 1.46. The Bertz CT molecular complexity index is 280. The minimum Gasteiger partial charge on any atom is -0.211 e. The van der Waals surface area contributed by atoms with Crippen molar-refractivity contribution in [3.8, 4) is 0 Å². The molecule has 0 nitrogen and oxygen atoms in total. The van der Waals surface area contributed by atoms with E-state index in [1.165, 1.54) is 11.6 Å². The van der Waals surface area contributed by atoms with Crippen LogP contribution in [0.4, 0.5) is 0 Å². The van der Waals surface area contributed by atoms with Crippen LogP contribution in [-0.2, 0) is 0 Å². The minimum absolute atomic E-state index is 0.304. The van der Waals surface area contributed by atoms with Gasteiger partial charge in [0.05, 0.1) is 6.16 Å². The molecular weight excluding hydrogens is 210 g/mol. The van der Waals surface area contributed by atoms with Crippen LogP contribution < -0.4 is 5.46 Å². The molecule has 0 fully saturated rings. The van der Waals surface area contributed by atoms with Crippen LogP contribution in [0.2, 0.25) is 20.5 Å².